The lowest BCUT2D eigenvalue weighted by atomic mass is 9.91. The third-order valence-corrected chi connectivity index (χ3v) is 15.6. The molecule has 240 valence electrons. The smallest absolute Gasteiger partial charge is 0.290 e. The van der Waals surface area contributed by atoms with Crippen LogP contribution in [0.15, 0.2) is 12.1 Å². The van der Waals surface area contributed by atoms with Crippen molar-refractivity contribution in [3.8, 4) is 0 Å². The average molecular weight is 622 g/mol. The Morgan fingerprint density at radius 3 is 2.18 bits per heavy atom. The summed E-state index contributed by atoms with van der Waals surface area (Å²) in [4.78, 5) is 51.3. The second-order valence-electron chi connectivity index (χ2n) is 15.2. The van der Waals surface area contributed by atoms with Gasteiger partial charge in [-0.3, -0.25) is 14.4 Å². The summed E-state index contributed by atoms with van der Waals surface area (Å²) in [6.45, 7) is 14.1. The zero-order valence-corrected chi connectivity index (χ0v) is 28.7. The number of rotatable bonds is 6. The van der Waals surface area contributed by atoms with E-state index in [0.717, 1.165) is 82.0 Å². The number of carbonyl (C=O) groups is 3. The fraction of sp³-hybridized carbons (Fsp3) is 0.706. The number of hydrogen-bond donors (Lipinski definition) is 0. The molecule has 3 amide bonds. The Hall–Kier alpha value is -2.72. The van der Waals surface area contributed by atoms with E-state index in [0.29, 0.717) is 35.9 Å². The van der Waals surface area contributed by atoms with E-state index in [-0.39, 0.29) is 41.5 Å². The Morgan fingerprint density at radius 2 is 1.57 bits per heavy atom. The largest absolute Gasteiger partial charge is 0.414 e. The fourth-order valence-electron chi connectivity index (χ4n) is 7.04. The molecule has 2 aromatic rings. The normalized spacial score (nSPS) is 23.9. The quantitative estimate of drug-likeness (QED) is 0.387. The lowest BCUT2D eigenvalue weighted by Crippen LogP contribution is -2.56. The Morgan fingerprint density at radius 1 is 0.886 bits per heavy atom. The fourth-order valence-corrected chi connectivity index (χ4v) is 8.46. The van der Waals surface area contributed by atoms with Gasteiger partial charge in [0.2, 0.25) is 5.91 Å². The monoisotopic (exact) mass is 621 g/mol. The summed E-state index contributed by atoms with van der Waals surface area (Å²) < 4.78 is 8.50. The summed E-state index contributed by atoms with van der Waals surface area (Å²) in [5.74, 6) is 0.551. The molecule has 1 aromatic heterocycles. The standard InChI is InChI=1S/C34H51N5O4Si/c1-34(2,3)44(5,6)43-26-14-12-25(13-15-26)39-19-18-38(22-29(39)40)33(42)31-35-30-27(32(41)37-16-8-7-9-17-37)20-24(23-10-11-23)21-28(30)36(31)4/h20-21,23,25-26H,7-19,22H2,1-6H3. The van der Waals surface area contributed by atoms with Gasteiger partial charge in [-0.2, -0.15) is 0 Å². The molecular formula is C34H51N5O4Si. The maximum absolute atomic E-state index is 13.9. The molecule has 3 heterocycles. The molecule has 0 bridgehead atoms. The number of benzene rings is 1. The van der Waals surface area contributed by atoms with Crippen LogP contribution in [0.1, 0.15) is 111 Å². The molecule has 0 radical (unpaired) electrons. The van der Waals surface area contributed by atoms with Crippen LogP contribution in [0.5, 0.6) is 0 Å². The number of aryl methyl sites for hydroxylation is 1. The van der Waals surface area contributed by atoms with Gasteiger partial charge in [-0.25, -0.2) is 4.98 Å². The molecule has 2 aliphatic heterocycles. The molecule has 44 heavy (non-hydrogen) atoms. The third-order valence-electron chi connectivity index (χ3n) is 11.0. The first-order chi connectivity index (χ1) is 20.8. The second-order valence-corrected chi connectivity index (χ2v) is 19.9. The van der Waals surface area contributed by atoms with Crippen LogP contribution in [0.2, 0.25) is 18.1 Å². The topological polar surface area (TPSA) is 88.0 Å². The van der Waals surface area contributed by atoms with Crippen molar-refractivity contribution >= 4 is 37.1 Å². The first kappa shape index (κ1) is 31.3. The number of carbonyl (C=O) groups excluding carboxylic acids is 3. The van der Waals surface area contributed by atoms with Crippen molar-refractivity contribution in [3.05, 3.63) is 29.1 Å². The molecule has 0 spiro atoms. The number of amides is 3. The van der Waals surface area contributed by atoms with Crippen LogP contribution < -0.4 is 0 Å². The molecule has 0 unspecified atom stereocenters. The van der Waals surface area contributed by atoms with Crippen LogP contribution in [0.3, 0.4) is 0 Å². The van der Waals surface area contributed by atoms with E-state index in [1.165, 1.54) is 0 Å². The minimum absolute atomic E-state index is 0.00844. The van der Waals surface area contributed by atoms with Crippen LogP contribution in [-0.2, 0) is 16.3 Å². The van der Waals surface area contributed by atoms with Gasteiger partial charge in [-0.1, -0.05) is 20.8 Å². The zero-order valence-electron chi connectivity index (χ0n) is 27.7. The van der Waals surface area contributed by atoms with Crippen LogP contribution in [0, 0.1) is 0 Å². The number of piperidine rings is 1. The number of likely N-dealkylation sites (tertiary alicyclic amines) is 1. The average Bonchev–Trinajstić information content (AvgIpc) is 3.79. The molecule has 10 heteroatoms. The van der Waals surface area contributed by atoms with Crippen LogP contribution >= 0.6 is 0 Å². The second kappa shape index (κ2) is 11.9. The van der Waals surface area contributed by atoms with Crippen molar-refractivity contribution in [2.24, 2.45) is 7.05 Å². The lowest BCUT2D eigenvalue weighted by molar-refractivity contribution is -0.138. The van der Waals surface area contributed by atoms with Crippen LogP contribution in [0.25, 0.3) is 11.0 Å². The van der Waals surface area contributed by atoms with Gasteiger partial charge in [0.15, 0.2) is 14.1 Å². The molecule has 1 aromatic carbocycles. The van der Waals surface area contributed by atoms with Gasteiger partial charge in [0.25, 0.3) is 11.8 Å². The number of imidazole rings is 1. The van der Waals surface area contributed by atoms with Gasteiger partial charge in [0.05, 0.1) is 11.1 Å². The number of piperazine rings is 1. The molecule has 4 aliphatic rings. The minimum atomic E-state index is -1.82. The van der Waals surface area contributed by atoms with E-state index < -0.39 is 8.32 Å². The van der Waals surface area contributed by atoms with E-state index in [4.69, 9.17) is 9.41 Å². The van der Waals surface area contributed by atoms with E-state index in [1.807, 2.05) is 27.5 Å². The van der Waals surface area contributed by atoms with E-state index >= 15 is 0 Å². The summed E-state index contributed by atoms with van der Waals surface area (Å²) in [5, 5.41) is 0.186. The number of hydrogen-bond acceptors (Lipinski definition) is 5. The van der Waals surface area contributed by atoms with Gasteiger partial charge < -0.3 is 23.7 Å². The van der Waals surface area contributed by atoms with E-state index in [1.54, 1.807) is 4.90 Å². The molecule has 2 aliphatic carbocycles. The Kier molecular flexibility index (Phi) is 8.45. The summed E-state index contributed by atoms with van der Waals surface area (Å²) in [6, 6.07) is 4.34. The van der Waals surface area contributed by atoms with Crippen molar-refractivity contribution in [2.75, 3.05) is 32.7 Å². The summed E-state index contributed by atoms with van der Waals surface area (Å²) >= 11 is 0. The summed E-state index contributed by atoms with van der Waals surface area (Å²) in [7, 11) is 0.0407. The summed E-state index contributed by atoms with van der Waals surface area (Å²) in [6.07, 6.45) is 9.58. The molecule has 2 saturated heterocycles. The molecule has 0 atom stereocenters. The highest BCUT2D eigenvalue weighted by Crippen LogP contribution is 2.42. The van der Waals surface area contributed by atoms with Crippen molar-refractivity contribution in [3.63, 3.8) is 0 Å². The van der Waals surface area contributed by atoms with Crippen molar-refractivity contribution in [1.29, 1.82) is 0 Å². The molecular weight excluding hydrogens is 570 g/mol. The van der Waals surface area contributed by atoms with Gasteiger partial charge in [-0.05, 0) is 99.5 Å². The molecule has 9 nitrogen and oxygen atoms in total. The Labute approximate surface area is 263 Å². The number of fused-ring (bicyclic) bond motifs is 1. The van der Waals surface area contributed by atoms with E-state index in [2.05, 4.69) is 39.9 Å². The summed E-state index contributed by atoms with van der Waals surface area (Å²) in [5.41, 5.74) is 3.18. The molecule has 2 saturated carbocycles. The first-order valence-electron chi connectivity index (χ1n) is 16.9. The van der Waals surface area contributed by atoms with Crippen LogP contribution in [-0.4, -0.2) is 95.2 Å². The van der Waals surface area contributed by atoms with Gasteiger partial charge in [0, 0.05) is 45.4 Å². The molecule has 4 fully saturated rings. The predicted molar refractivity (Wildman–Crippen MR) is 174 cm³/mol. The predicted octanol–water partition coefficient (Wildman–Crippen LogP) is 5.69. The maximum Gasteiger partial charge on any atom is 0.290 e. The first-order valence-corrected chi connectivity index (χ1v) is 19.8. The minimum Gasteiger partial charge on any atom is -0.414 e. The van der Waals surface area contributed by atoms with Gasteiger partial charge in [0.1, 0.15) is 12.1 Å². The molecule has 6 rings (SSSR count). The highest BCUT2D eigenvalue weighted by atomic mass is 28.4. The van der Waals surface area contributed by atoms with Gasteiger partial charge in [-0.15, -0.1) is 0 Å². The third kappa shape index (κ3) is 6.08. The van der Waals surface area contributed by atoms with Crippen molar-refractivity contribution in [1.82, 2.24) is 24.3 Å². The van der Waals surface area contributed by atoms with Crippen molar-refractivity contribution in [2.45, 2.75) is 115 Å². The number of aromatic nitrogens is 2. The lowest BCUT2D eigenvalue weighted by Gasteiger charge is -2.44. The van der Waals surface area contributed by atoms with E-state index in [9.17, 15) is 14.4 Å². The zero-order chi connectivity index (χ0) is 31.4. The SMILES string of the molecule is Cn1c(C(=O)N2CCN(C3CCC(O[Si](C)(C)C(C)(C)C)CC3)C(=O)C2)nc2c(C(=O)N3CCCCC3)cc(C3CC3)cc21. The Balaban J connectivity index is 1.14. The maximum atomic E-state index is 13.9. The van der Waals surface area contributed by atoms with Gasteiger partial charge >= 0.3 is 0 Å². The highest BCUT2D eigenvalue weighted by molar-refractivity contribution is 6.74. The Bertz CT molecular complexity index is 1430. The van der Waals surface area contributed by atoms with Crippen molar-refractivity contribution < 1.29 is 18.8 Å². The molecule has 0 N–H and O–H groups in total. The number of nitrogens with zero attached hydrogens (tertiary/aromatic N) is 5. The van der Waals surface area contributed by atoms with Crippen LogP contribution in [0.4, 0.5) is 0 Å². The highest BCUT2D eigenvalue weighted by Gasteiger charge is 2.41.